The van der Waals surface area contributed by atoms with Crippen molar-refractivity contribution in [1.82, 2.24) is 5.32 Å². The van der Waals surface area contributed by atoms with E-state index < -0.39 is 0 Å². The van der Waals surface area contributed by atoms with Crippen LogP contribution in [0.15, 0.2) is 0 Å². The van der Waals surface area contributed by atoms with Crippen LogP contribution in [-0.2, 0) is 0 Å². The number of alkyl halides is 1. The molecule has 0 aromatic heterocycles. The third kappa shape index (κ3) is 5.01. The van der Waals surface area contributed by atoms with Gasteiger partial charge in [-0.1, -0.05) is 13.8 Å². The average molecular weight is 172 g/mol. The highest BCUT2D eigenvalue weighted by molar-refractivity contribution is 6.18. The second-order valence-corrected chi connectivity index (χ2v) is 2.60. The van der Waals surface area contributed by atoms with E-state index in [1.807, 2.05) is 7.05 Å². The Kier molecular flexibility index (Phi) is 9.05. The van der Waals surface area contributed by atoms with E-state index in [1.165, 1.54) is 0 Å². The second kappa shape index (κ2) is 6.66. The summed E-state index contributed by atoms with van der Waals surface area (Å²) in [7, 11) is 1.94. The first-order valence-corrected chi connectivity index (χ1v) is 3.49. The summed E-state index contributed by atoms with van der Waals surface area (Å²) in [5.74, 6) is 1.34. The molecule has 3 heteroatoms. The maximum absolute atomic E-state index is 5.60. The van der Waals surface area contributed by atoms with Crippen LogP contribution in [0.2, 0.25) is 0 Å². The van der Waals surface area contributed by atoms with E-state index in [0.717, 1.165) is 0 Å². The molecule has 0 saturated heterocycles. The lowest BCUT2D eigenvalue weighted by Crippen LogP contribution is -2.31. The molecule has 0 amide bonds. The van der Waals surface area contributed by atoms with Gasteiger partial charge in [0.25, 0.3) is 0 Å². The van der Waals surface area contributed by atoms with Crippen molar-refractivity contribution in [3.63, 3.8) is 0 Å². The van der Waals surface area contributed by atoms with Gasteiger partial charge in [0, 0.05) is 11.9 Å². The van der Waals surface area contributed by atoms with Gasteiger partial charge in [0.05, 0.1) is 0 Å². The van der Waals surface area contributed by atoms with Crippen molar-refractivity contribution >= 4 is 24.0 Å². The average Bonchev–Trinajstić information content (AvgIpc) is 1.69. The number of hydrogen-bond donors (Lipinski definition) is 1. The Hall–Kier alpha value is 0.540. The van der Waals surface area contributed by atoms with Crippen LogP contribution in [0.5, 0.6) is 0 Å². The van der Waals surface area contributed by atoms with Crippen LogP contribution >= 0.6 is 24.0 Å². The molecule has 0 aromatic carbocycles. The molecule has 0 radical (unpaired) electrons. The van der Waals surface area contributed by atoms with Crippen LogP contribution < -0.4 is 5.32 Å². The maximum Gasteiger partial charge on any atom is 0.0379 e. The second-order valence-electron chi connectivity index (χ2n) is 2.29. The first-order chi connectivity index (χ1) is 3.72. The molecule has 0 fully saturated rings. The third-order valence-electron chi connectivity index (χ3n) is 1.34. The summed E-state index contributed by atoms with van der Waals surface area (Å²) in [5.41, 5.74) is 0. The first kappa shape index (κ1) is 12.2. The van der Waals surface area contributed by atoms with Crippen LogP contribution in [0, 0.1) is 5.92 Å². The quantitative estimate of drug-likeness (QED) is 0.641. The molecular weight excluding hydrogens is 157 g/mol. The molecule has 0 aromatic rings. The molecule has 0 saturated carbocycles. The van der Waals surface area contributed by atoms with Gasteiger partial charge in [-0.05, 0) is 13.0 Å². The molecule has 0 aliphatic rings. The summed E-state index contributed by atoms with van der Waals surface area (Å²) in [6, 6.07) is 0.469. The van der Waals surface area contributed by atoms with Crippen LogP contribution in [0.1, 0.15) is 13.8 Å². The van der Waals surface area contributed by atoms with Gasteiger partial charge in [0.2, 0.25) is 0 Å². The Morgan fingerprint density at radius 2 is 1.89 bits per heavy atom. The minimum absolute atomic E-state index is 0. The normalized spacial score (nSPS) is 13.0. The lowest BCUT2D eigenvalue weighted by molar-refractivity contribution is 0.463. The van der Waals surface area contributed by atoms with Gasteiger partial charge in [0.15, 0.2) is 0 Å². The van der Waals surface area contributed by atoms with Crippen molar-refractivity contribution in [1.29, 1.82) is 0 Å². The fourth-order valence-electron chi connectivity index (χ4n) is 0.589. The van der Waals surface area contributed by atoms with Gasteiger partial charge in [0.1, 0.15) is 0 Å². The number of halogens is 2. The summed E-state index contributed by atoms with van der Waals surface area (Å²) in [6.45, 7) is 4.31. The van der Waals surface area contributed by atoms with Crippen LogP contribution in [0.25, 0.3) is 0 Å². The van der Waals surface area contributed by atoms with E-state index in [0.29, 0.717) is 17.8 Å². The molecule has 0 bridgehead atoms. The topological polar surface area (TPSA) is 12.0 Å². The smallest absolute Gasteiger partial charge is 0.0379 e. The van der Waals surface area contributed by atoms with Gasteiger partial charge in [-0.2, -0.15) is 0 Å². The Bertz CT molecular complexity index is 53.0. The first-order valence-electron chi connectivity index (χ1n) is 2.95. The van der Waals surface area contributed by atoms with E-state index in [-0.39, 0.29) is 12.4 Å². The number of nitrogens with one attached hydrogen (secondary N) is 1. The van der Waals surface area contributed by atoms with Gasteiger partial charge >= 0.3 is 0 Å². The summed E-state index contributed by atoms with van der Waals surface area (Å²) >= 11 is 5.60. The zero-order chi connectivity index (χ0) is 6.57. The minimum Gasteiger partial charge on any atom is -0.316 e. The standard InChI is InChI=1S/C6H14ClN.ClH/c1-5(2)6(4-7)8-3;/h5-6,8H,4H2,1-3H3;1H. The summed E-state index contributed by atoms with van der Waals surface area (Å²) in [4.78, 5) is 0. The summed E-state index contributed by atoms with van der Waals surface area (Å²) in [6.07, 6.45) is 0. The van der Waals surface area contributed by atoms with Crippen molar-refractivity contribution in [3.8, 4) is 0 Å². The maximum atomic E-state index is 5.60. The molecule has 0 rings (SSSR count). The molecule has 1 N–H and O–H groups in total. The van der Waals surface area contributed by atoms with E-state index in [1.54, 1.807) is 0 Å². The Morgan fingerprint density at radius 3 is 1.89 bits per heavy atom. The monoisotopic (exact) mass is 171 g/mol. The fourth-order valence-corrected chi connectivity index (χ4v) is 1.10. The van der Waals surface area contributed by atoms with E-state index in [2.05, 4.69) is 19.2 Å². The molecule has 0 aliphatic carbocycles. The zero-order valence-electron chi connectivity index (χ0n) is 6.15. The summed E-state index contributed by atoms with van der Waals surface area (Å²) in [5, 5.41) is 3.12. The molecule has 9 heavy (non-hydrogen) atoms. The lowest BCUT2D eigenvalue weighted by Gasteiger charge is -2.15. The predicted molar refractivity (Wildman–Crippen MR) is 45.7 cm³/mol. The highest BCUT2D eigenvalue weighted by atomic mass is 35.5. The zero-order valence-corrected chi connectivity index (χ0v) is 7.72. The summed E-state index contributed by atoms with van der Waals surface area (Å²) < 4.78 is 0. The van der Waals surface area contributed by atoms with Gasteiger partial charge in [-0.15, -0.1) is 24.0 Å². The predicted octanol–water partition coefficient (Wildman–Crippen LogP) is 1.89. The largest absolute Gasteiger partial charge is 0.316 e. The number of rotatable bonds is 3. The highest BCUT2D eigenvalue weighted by Crippen LogP contribution is 2.01. The fraction of sp³-hybridized carbons (Fsp3) is 1.00. The van der Waals surface area contributed by atoms with Gasteiger partial charge in [-0.25, -0.2) is 0 Å². The molecule has 0 heterocycles. The molecule has 1 atom stereocenters. The van der Waals surface area contributed by atoms with E-state index in [4.69, 9.17) is 11.6 Å². The SMILES string of the molecule is CNC(CCl)C(C)C.Cl. The Morgan fingerprint density at radius 1 is 1.44 bits per heavy atom. The van der Waals surface area contributed by atoms with Gasteiger partial charge in [-0.3, -0.25) is 0 Å². The van der Waals surface area contributed by atoms with Crippen molar-refractivity contribution in [2.24, 2.45) is 5.92 Å². The third-order valence-corrected chi connectivity index (χ3v) is 1.67. The lowest BCUT2D eigenvalue weighted by atomic mass is 10.1. The van der Waals surface area contributed by atoms with Crippen LogP contribution in [0.4, 0.5) is 0 Å². The molecule has 0 aliphatic heterocycles. The minimum atomic E-state index is 0. The molecule has 1 nitrogen and oxygen atoms in total. The Balaban J connectivity index is 0. The number of hydrogen-bond acceptors (Lipinski definition) is 1. The van der Waals surface area contributed by atoms with Crippen LogP contribution in [0.3, 0.4) is 0 Å². The molecule has 58 valence electrons. The van der Waals surface area contributed by atoms with Gasteiger partial charge < -0.3 is 5.32 Å². The van der Waals surface area contributed by atoms with E-state index >= 15 is 0 Å². The van der Waals surface area contributed by atoms with Crippen molar-refractivity contribution < 1.29 is 0 Å². The highest BCUT2D eigenvalue weighted by Gasteiger charge is 2.06. The van der Waals surface area contributed by atoms with E-state index in [9.17, 15) is 0 Å². The van der Waals surface area contributed by atoms with Crippen LogP contribution in [-0.4, -0.2) is 19.0 Å². The molecular formula is C6H15Cl2N. The molecule has 1 unspecified atom stereocenters. The Labute approximate surface area is 68.6 Å². The molecule has 0 spiro atoms. The van der Waals surface area contributed by atoms with Crippen molar-refractivity contribution in [2.75, 3.05) is 12.9 Å². The van der Waals surface area contributed by atoms with Crippen molar-refractivity contribution in [3.05, 3.63) is 0 Å². The van der Waals surface area contributed by atoms with Crippen molar-refractivity contribution in [2.45, 2.75) is 19.9 Å².